The molecule has 0 fully saturated rings. The summed E-state index contributed by atoms with van der Waals surface area (Å²) in [6, 6.07) is 8.23. The van der Waals surface area contributed by atoms with Crippen LogP contribution < -0.4 is 16.4 Å². The second-order valence-electron chi connectivity index (χ2n) is 5.14. The smallest absolute Gasteiger partial charge is 0.228 e. The Bertz CT molecular complexity index is 678. The average Bonchev–Trinajstić information content (AvgIpc) is 2.95. The monoisotopic (exact) mass is 287 g/mol. The van der Waals surface area contributed by atoms with Crippen molar-refractivity contribution in [1.29, 1.82) is 0 Å². The minimum atomic E-state index is 0.0264. The largest absolute Gasteiger partial charge is 0.397 e. The van der Waals surface area contributed by atoms with Crippen LogP contribution in [-0.4, -0.2) is 5.91 Å². The van der Waals surface area contributed by atoms with E-state index in [9.17, 15) is 4.79 Å². The fourth-order valence-electron chi connectivity index (χ4n) is 2.41. The van der Waals surface area contributed by atoms with Crippen LogP contribution in [0.15, 0.2) is 24.3 Å². The Kier molecular flexibility index (Phi) is 3.14. The number of nitrogens with two attached hydrogens (primary N) is 1. The Morgan fingerprint density at radius 2 is 2.20 bits per heavy atom. The highest BCUT2D eigenvalue weighted by Gasteiger charge is 2.20. The molecule has 104 valence electrons. The first-order valence-electron chi connectivity index (χ1n) is 6.58. The maximum atomic E-state index is 11.4. The number of thiophene rings is 1. The van der Waals surface area contributed by atoms with Crippen LogP contribution >= 0.6 is 11.3 Å². The molecule has 1 aromatic heterocycles. The molecule has 1 aliphatic rings. The first-order valence-corrected chi connectivity index (χ1v) is 7.39. The molecule has 0 aliphatic carbocycles. The van der Waals surface area contributed by atoms with Crippen molar-refractivity contribution >= 4 is 34.3 Å². The Hall–Kier alpha value is -2.01. The zero-order valence-electron chi connectivity index (χ0n) is 11.5. The zero-order chi connectivity index (χ0) is 14.3. The summed E-state index contributed by atoms with van der Waals surface area (Å²) in [5.74, 6) is 0.0264. The lowest BCUT2D eigenvalue weighted by molar-refractivity contribution is -0.115. The molecule has 1 atom stereocenters. The maximum Gasteiger partial charge on any atom is 0.228 e. The van der Waals surface area contributed by atoms with Gasteiger partial charge >= 0.3 is 0 Å². The summed E-state index contributed by atoms with van der Waals surface area (Å²) in [5, 5.41) is 6.27. The number of hydrogen-bond acceptors (Lipinski definition) is 4. The number of nitrogen functional groups attached to an aromatic ring is 1. The van der Waals surface area contributed by atoms with Gasteiger partial charge in [-0.3, -0.25) is 4.79 Å². The van der Waals surface area contributed by atoms with Crippen molar-refractivity contribution in [2.24, 2.45) is 0 Å². The van der Waals surface area contributed by atoms with Gasteiger partial charge in [0.1, 0.15) is 0 Å². The van der Waals surface area contributed by atoms with Gasteiger partial charge in [-0.05, 0) is 43.7 Å². The number of amides is 1. The van der Waals surface area contributed by atoms with Gasteiger partial charge in [-0.2, -0.15) is 0 Å². The van der Waals surface area contributed by atoms with Crippen LogP contribution in [0.3, 0.4) is 0 Å². The quantitative estimate of drug-likeness (QED) is 0.759. The van der Waals surface area contributed by atoms with E-state index in [1.165, 1.54) is 9.75 Å². The van der Waals surface area contributed by atoms with Crippen molar-refractivity contribution in [3.8, 4) is 0 Å². The topological polar surface area (TPSA) is 67.1 Å². The molecule has 1 amide bonds. The highest BCUT2D eigenvalue weighted by molar-refractivity contribution is 7.12. The highest BCUT2D eigenvalue weighted by Crippen LogP contribution is 2.34. The minimum Gasteiger partial charge on any atom is -0.397 e. The fourth-order valence-corrected chi connectivity index (χ4v) is 3.29. The molecule has 1 unspecified atom stereocenters. The lowest BCUT2D eigenvalue weighted by Gasteiger charge is -2.16. The van der Waals surface area contributed by atoms with Gasteiger partial charge in [0, 0.05) is 15.4 Å². The summed E-state index contributed by atoms with van der Waals surface area (Å²) in [4.78, 5) is 14.0. The van der Waals surface area contributed by atoms with Gasteiger partial charge in [-0.25, -0.2) is 0 Å². The van der Waals surface area contributed by atoms with Crippen LogP contribution in [0.25, 0.3) is 0 Å². The predicted molar refractivity (Wildman–Crippen MR) is 84.3 cm³/mol. The first-order chi connectivity index (χ1) is 9.52. The van der Waals surface area contributed by atoms with E-state index < -0.39 is 0 Å². The Morgan fingerprint density at radius 3 is 2.90 bits per heavy atom. The van der Waals surface area contributed by atoms with Crippen molar-refractivity contribution in [3.63, 3.8) is 0 Å². The lowest BCUT2D eigenvalue weighted by Crippen LogP contribution is -2.07. The van der Waals surface area contributed by atoms with Gasteiger partial charge < -0.3 is 16.4 Å². The van der Waals surface area contributed by atoms with Crippen molar-refractivity contribution in [2.75, 3.05) is 16.4 Å². The third-order valence-corrected chi connectivity index (χ3v) is 4.64. The van der Waals surface area contributed by atoms with Crippen molar-refractivity contribution < 1.29 is 4.79 Å². The molecule has 2 aromatic rings. The summed E-state index contributed by atoms with van der Waals surface area (Å²) in [5.41, 5.74) is 9.45. The molecule has 0 bridgehead atoms. The van der Waals surface area contributed by atoms with Crippen LogP contribution in [-0.2, 0) is 11.2 Å². The summed E-state index contributed by atoms with van der Waals surface area (Å²) in [6.07, 6.45) is 0.416. The Morgan fingerprint density at radius 1 is 1.40 bits per heavy atom. The fraction of sp³-hybridized carbons (Fsp3) is 0.267. The zero-order valence-corrected chi connectivity index (χ0v) is 12.3. The molecule has 0 saturated carbocycles. The molecule has 0 spiro atoms. The maximum absolute atomic E-state index is 11.4. The lowest BCUT2D eigenvalue weighted by atomic mass is 10.1. The van der Waals surface area contributed by atoms with E-state index in [1.54, 1.807) is 11.3 Å². The molecule has 2 heterocycles. The molecule has 1 aliphatic heterocycles. The van der Waals surface area contributed by atoms with Crippen LogP contribution in [0.2, 0.25) is 0 Å². The highest BCUT2D eigenvalue weighted by atomic mass is 32.1. The number of nitrogens with one attached hydrogen (secondary N) is 2. The third kappa shape index (κ3) is 2.36. The van der Waals surface area contributed by atoms with Gasteiger partial charge in [0.25, 0.3) is 0 Å². The van der Waals surface area contributed by atoms with Crippen LogP contribution in [0.4, 0.5) is 17.1 Å². The second-order valence-corrected chi connectivity index (χ2v) is 6.46. The van der Waals surface area contributed by atoms with Gasteiger partial charge in [0.05, 0.1) is 23.8 Å². The number of hydrogen-bond donors (Lipinski definition) is 3. The first kappa shape index (κ1) is 13.0. The molecule has 3 rings (SSSR count). The SMILES string of the molecule is Cc1ccc(C(C)Nc2cc3c(cc2N)CC(=O)N3)s1. The van der Waals surface area contributed by atoms with Crippen LogP contribution in [0.5, 0.6) is 0 Å². The predicted octanol–water partition coefficient (Wildman–Crippen LogP) is 3.31. The van der Waals surface area contributed by atoms with Crippen molar-refractivity contribution in [1.82, 2.24) is 0 Å². The van der Waals surface area contributed by atoms with Crippen LogP contribution in [0, 0.1) is 6.92 Å². The average molecular weight is 287 g/mol. The van der Waals surface area contributed by atoms with E-state index in [0.717, 1.165) is 16.9 Å². The van der Waals surface area contributed by atoms with E-state index in [1.807, 2.05) is 12.1 Å². The number of carbonyl (C=O) groups is 1. The molecule has 5 heteroatoms. The molecule has 4 N–H and O–H groups in total. The molecule has 0 radical (unpaired) electrons. The summed E-state index contributed by atoms with van der Waals surface area (Å²) in [7, 11) is 0. The molecule has 20 heavy (non-hydrogen) atoms. The van der Waals surface area contributed by atoms with Gasteiger partial charge in [-0.1, -0.05) is 0 Å². The van der Waals surface area contributed by atoms with E-state index in [2.05, 4.69) is 36.6 Å². The molecule has 1 aromatic carbocycles. The Balaban J connectivity index is 1.84. The number of anilines is 3. The van der Waals surface area contributed by atoms with E-state index >= 15 is 0 Å². The molecular formula is C15H17N3OS. The summed E-state index contributed by atoms with van der Waals surface area (Å²) < 4.78 is 0. The normalized spacial score (nSPS) is 14.8. The van der Waals surface area contributed by atoms with Crippen molar-refractivity contribution in [3.05, 3.63) is 39.6 Å². The standard InChI is InChI=1S/C15H17N3OS/c1-8-3-4-14(20-8)9(2)17-13-7-12-10(5-11(13)16)6-15(19)18-12/h3-5,7,9,17H,6,16H2,1-2H3,(H,18,19). The molecule has 4 nitrogen and oxygen atoms in total. The minimum absolute atomic E-state index is 0.0264. The van der Waals surface area contributed by atoms with E-state index in [-0.39, 0.29) is 11.9 Å². The number of fused-ring (bicyclic) bond motifs is 1. The number of rotatable bonds is 3. The second kappa shape index (κ2) is 4.83. The van der Waals surface area contributed by atoms with Crippen molar-refractivity contribution in [2.45, 2.75) is 26.3 Å². The number of carbonyl (C=O) groups excluding carboxylic acids is 1. The van der Waals surface area contributed by atoms with Gasteiger partial charge in [0.2, 0.25) is 5.91 Å². The Labute approximate surface area is 122 Å². The molecule has 0 saturated heterocycles. The van der Waals surface area contributed by atoms with E-state index in [0.29, 0.717) is 12.1 Å². The van der Waals surface area contributed by atoms with Gasteiger partial charge in [-0.15, -0.1) is 11.3 Å². The number of benzene rings is 1. The van der Waals surface area contributed by atoms with Crippen LogP contribution in [0.1, 0.15) is 28.3 Å². The summed E-state index contributed by atoms with van der Waals surface area (Å²) in [6.45, 7) is 4.21. The van der Waals surface area contributed by atoms with E-state index in [4.69, 9.17) is 5.73 Å². The van der Waals surface area contributed by atoms with Gasteiger partial charge in [0.15, 0.2) is 0 Å². The molecular weight excluding hydrogens is 270 g/mol. The third-order valence-electron chi connectivity index (χ3n) is 3.46. The number of aryl methyl sites for hydroxylation is 1. The summed E-state index contributed by atoms with van der Waals surface area (Å²) >= 11 is 1.77.